The number of hydrogen-bond acceptors (Lipinski definition) is 5. The smallest absolute Gasteiger partial charge is 0.273 e. The molecule has 2 rings (SSSR count). The van der Waals surface area contributed by atoms with Crippen LogP contribution >= 0.6 is 15.9 Å². The number of benzene rings is 1. The number of carbonyl (C=O) groups excluding carboxylic acids is 1. The molecule has 1 aliphatic rings. The molecule has 22 heavy (non-hydrogen) atoms. The summed E-state index contributed by atoms with van der Waals surface area (Å²) in [5.74, 6) is -2.35. The van der Waals surface area contributed by atoms with Crippen LogP contribution in [0.3, 0.4) is 0 Å². The summed E-state index contributed by atoms with van der Waals surface area (Å²) in [6.07, 6.45) is -0.0840. The van der Waals surface area contributed by atoms with Gasteiger partial charge in [0.2, 0.25) is 15.9 Å². The molecule has 1 aliphatic heterocycles. The molecule has 0 aromatic heterocycles. The Morgan fingerprint density at radius 2 is 2.14 bits per heavy atom. The number of sulfonamides is 1. The zero-order valence-electron chi connectivity index (χ0n) is 11.0. The molecule has 11 heteroatoms. The van der Waals surface area contributed by atoms with Crippen LogP contribution in [0.15, 0.2) is 16.6 Å². The van der Waals surface area contributed by atoms with Gasteiger partial charge in [0, 0.05) is 24.9 Å². The van der Waals surface area contributed by atoms with E-state index in [0.717, 1.165) is 11.0 Å². The average Bonchev–Trinajstić information content (AvgIpc) is 2.66. The lowest BCUT2D eigenvalue weighted by molar-refractivity contribution is -0.385. The van der Waals surface area contributed by atoms with Crippen LogP contribution in [0.4, 0.5) is 15.8 Å². The van der Waals surface area contributed by atoms with Gasteiger partial charge in [-0.2, -0.15) is 0 Å². The Kier molecular flexibility index (Phi) is 4.49. The summed E-state index contributed by atoms with van der Waals surface area (Å²) in [6.45, 7) is -0.0252. The minimum absolute atomic E-state index is 0.0252. The maximum Gasteiger partial charge on any atom is 0.273 e. The molecule has 120 valence electrons. The first kappa shape index (κ1) is 16.8. The predicted molar refractivity (Wildman–Crippen MR) is 79.2 cm³/mol. The van der Waals surface area contributed by atoms with Crippen molar-refractivity contribution < 1.29 is 22.5 Å². The van der Waals surface area contributed by atoms with Gasteiger partial charge >= 0.3 is 0 Å². The van der Waals surface area contributed by atoms with Gasteiger partial charge < -0.3 is 4.90 Å². The van der Waals surface area contributed by atoms with Gasteiger partial charge in [0.1, 0.15) is 0 Å². The third-order valence-corrected chi connectivity index (χ3v) is 4.70. The van der Waals surface area contributed by atoms with E-state index in [2.05, 4.69) is 15.9 Å². The van der Waals surface area contributed by atoms with Gasteiger partial charge in [-0.15, -0.1) is 0 Å². The third kappa shape index (κ3) is 3.59. The Morgan fingerprint density at radius 3 is 2.64 bits per heavy atom. The second kappa shape index (κ2) is 5.89. The first-order valence-electron chi connectivity index (χ1n) is 6.02. The Hall–Kier alpha value is -1.59. The molecule has 1 heterocycles. The molecule has 0 saturated carbocycles. The average molecular weight is 396 g/mol. The van der Waals surface area contributed by atoms with E-state index in [4.69, 9.17) is 5.14 Å². The largest absolute Gasteiger partial charge is 0.308 e. The van der Waals surface area contributed by atoms with Gasteiger partial charge in [-0.05, 0) is 15.9 Å². The molecule has 0 aliphatic carbocycles. The maximum absolute atomic E-state index is 14.1. The molecule has 1 aromatic rings. The Morgan fingerprint density at radius 1 is 1.50 bits per heavy atom. The lowest BCUT2D eigenvalue weighted by Crippen LogP contribution is -2.28. The fraction of sp³-hybridized carbons (Fsp3) is 0.364. The Bertz CT molecular complexity index is 731. The molecule has 1 amide bonds. The van der Waals surface area contributed by atoms with E-state index < -0.39 is 38.3 Å². The molecule has 0 spiro atoms. The van der Waals surface area contributed by atoms with Crippen LogP contribution in [0, 0.1) is 21.8 Å². The fourth-order valence-corrected chi connectivity index (χ4v) is 3.87. The summed E-state index contributed by atoms with van der Waals surface area (Å²) in [4.78, 5) is 22.9. The van der Waals surface area contributed by atoms with E-state index in [1.165, 1.54) is 0 Å². The molecule has 1 unspecified atom stereocenters. The maximum atomic E-state index is 14.1. The van der Waals surface area contributed by atoms with E-state index in [1.807, 2.05) is 0 Å². The number of amides is 1. The van der Waals surface area contributed by atoms with Crippen molar-refractivity contribution in [3.05, 3.63) is 32.5 Å². The highest BCUT2D eigenvalue weighted by molar-refractivity contribution is 9.10. The van der Waals surface area contributed by atoms with Crippen LogP contribution in [0.1, 0.15) is 6.42 Å². The topological polar surface area (TPSA) is 124 Å². The molecule has 0 radical (unpaired) electrons. The molecule has 8 nitrogen and oxygen atoms in total. The molecule has 1 saturated heterocycles. The van der Waals surface area contributed by atoms with E-state index in [-0.39, 0.29) is 28.9 Å². The minimum atomic E-state index is -3.75. The minimum Gasteiger partial charge on any atom is -0.308 e. The van der Waals surface area contributed by atoms with Gasteiger partial charge in [-0.3, -0.25) is 14.9 Å². The van der Waals surface area contributed by atoms with Gasteiger partial charge in [-0.25, -0.2) is 17.9 Å². The summed E-state index contributed by atoms with van der Waals surface area (Å²) in [7, 11) is -3.75. The van der Waals surface area contributed by atoms with Crippen molar-refractivity contribution in [1.82, 2.24) is 0 Å². The van der Waals surface area contributed by atoms with Crippen LogP contribution in [-0.4, -0.2) is 31.5 Å². The molecule has 1 aromatic carbocycles. The van der Waals surface area contributed by atoms with E-state index in [1.54, 1.807) is 0 Å². The molecule has 1 fully saturated rings. The second-order valence-electron chi connectivity index (χ2n) is 4.92. The van der Waals surface area contributed by atoms with Crippen molar-refractivity contribution in [2.75, 3.05) is 17.2 Å². The quantitative estimate of drug-likeness (QED) is 0.604. The first-order valence-corrected chi connectivity index (χ1v) is 8.53. The van der Waals surface area contributed by atoms with Crippen LogP contribution < -0.4 is 10.0 Å². The van der Waals surface area contributed by atoms with Crippen molar-refractivity contribution in [2.24, 2.45) is 11.1 Å². The summed E-state index contributed by atoms with van der Waals surface area (Å²) in [5, 5.41) is 15.6. The third-order valence-electron chi connectivity index (χ3n) is 3.16. The van der Waals surface area contributed by atoms with Crippen LogP contribution in [0.25, 0.3) is 0 Å². The first-order chi connectivity index (χ1) is 10.1. The molecular formula is C11H11BrFN3O5S. The van der Waals surface area contributed by atoms with E-state index in [0.29, 0.717) is 6.07 Å². The number of nitrogens with two attached hydrogens (primary N) is 1. The van der Waals surface area contributed by atoms with Crippen molar-refractivity contribution in [1.29, 1.82) is 0 Å². The fourth-order valence-electron chi connectivity index (χ4n) is 2.35. The zero-order chi connectivity index (χ0) is 16.7. The highest BCUT2D eigenvalue weighted by Gasteiger charge is 2.35. The summed E-state index contributed by atoms with van der Waals surface area (Å²) in [6, 6.07) is 1.79. The van der Waals surface area contributed by atoms with Gasteiger partial charge in [0.15, 0.2) is 5.82 Å². The van der Waals surface area contributed by atoms with Gasteiger partial charge in [0.05, 0.1) is 26.9 Å². The normalized spacial score (nSPS) is 18.8. The number of non-ortho nitro benzene ring substituents is 1. The summed E-state index contributed by atoms with van der Waals surface area (Å²) >= 11 is 3.00. The van der Waals surface area contributed by atoms with Crippen LogP contribution in [0.5, 0.6) is 0 Å². The summed E-state index contributed by atoms with van der Waals surface area (Å²) < 4.78 is 36.3. The number of nitrogens with zero attached hydrogens (tertiary/aromatic N) is 2. The molecule has 0 bridgehead atoms. The molecule has 1 atom stereocenters. The lowest BCUT2D eigenvalue weighted by atomic mass is 10.1. The standard InChI is InChI=1S/C11H11BrFN3O5S/c12-8-2-7(16(18)19)3-9(13)11(8)15-4-6(1-10(15)17)5-22(14,20)21/h2-3,6H,1,4-5H2,(H2,14,20,21). The lowest BCUT2D eigenvalue weighted by Gasteiger charge is -2.19. The highest BCUT2D eigenvalue weighted by atomic mass is 79.9. The monoisotopic (exact) mass is 395 g/mol. The van der Waals surface area contributed by atoms with Gasteiger partial charge in [-0.1, -0.05) is 0 Å². The molecular weight excluding hydrogens is 385 g/mol. The van der Waals surface area contributed by atoms with Gasteiger partial charge in [0.25, 0.3) is 5.69 Å². The molecule has 2 N–H and O–H groups in total. The number of carbonyl (C=O) groups is 1. The number of nitro groups is 1. The number of rotatable bonds is 4. The van der Waals surface area contributed by atoms with Crippen LogP contribution in [0.2, 0.25) is 0 Å². The Balaban J connectivity index is 2.33. The number of anilines is 1. The zero-order valence-corrected chi connectivity index (χ0v) is 13.4. The van der Waals surface area contributed by atoms with E-state index >= 15 is 0 Å². The predicted octanol–water partition coefficient (Wildman–Crippen LogP) is 1.14. The van der Waals surface area contributed by atoms with Crippen molar-refractivity contribution in [2.45, 2.75) is 6.42 Å². The second-order valence-corrected chi connectivity index (χ2v) is 7.43. The van der Waals surface area contributed by atoms with E-state index in [9.17, 15) is 27.7 Å². The van der Waals surface area contributed by atoms with Crippen molar-refractivity contribution in [3.8, 4) is 0 Å². The summed E-state index contributed by atoms with van der Waals surface area (Å²) in [5.41, 5.74) is -0.603. The number of primary sulfonamides is 1. The SMILES string of the molecule is NS(=O)(=O)CC1CC(=O)N(c2c(F)cc([N+](=O)[O-])cc2Br)C1. The number of nitro benzene ring substituents is 1. The van der Waals surface area contributed by atoms with Crippen molar-refractivity contribution in [3.63, 3.8) is 0 Å². The highest BCUT2D eigenvalue weighted by Crippen LogP contribution is 2.36. The number of halogens is 2. The van der Waals surface area contributed by atoms with Crippen molar-refractivity contribution >= 4 is 43.2 Å². The van der Waals surface area contributed by atoms with Crippen LogP contribution in [-0.2, 0) is 14.8 Å². The Labute approximate surface area is 133 Å². The number of hydrogen-bond donors (Lipinski definition) is 1.